The first kappa shape index (κ1) is 18.0. The second-order valence-corrected chi connectivity index (χ2v) is 7.63. The molecule has 2 aromatic heterocycles. The number of aryl methyl sites for hydroxylation is 1. The fourth-order valence-electron chi connectivity index (χ4n) is 2.88. The van der Waals surface area contributed by atoms with Crippen molar-refractivity contribution in [2.24, 2.45) is 0 Å². The molecule has 0 radical (unpaired) electrons. The van der Waals surface area contributed by atoms with Gasteiger partial charge in [0.25, 0.3) is 5.89 Å². The first-order chi connectivity index (χ1) is 13.1. The predicted octanol–water partition coefficient (Wildman–Crippen LogP) is 4.15. The van der Waals surface area contributed by atoms with E-state index < -0.39 is 0 Å². The number of nitrogens with one attached hydrogen (secondary N) is 2. The summed E-state index contributed by atoms with van der Waals surface area (Å²) in [6.07, 6.45) is 0.747. The average molecular weight is 405 g/mol. The first-order valence-electron chi connectivity index (χ1n) is 8.42. The third-order valence-corrected chi connectivity index (χ3v) is 5.53. The largest absolute Gasteiger partial charge is 0.376 e. The molecule has 4 rings (SSSR count). The van der Waals surface area contributed by atoms with E-state index >= 15 is 0 Å². The SMILES string of the molecule is Cc1noc(-c2c(NC(=O)NCc3ccc(Cl)cc3)sc3c2CCOC3)n1. The minimum absolute atomic E-state index is 0.304. The van der Waals surface area contributed by atoms with Gasteiger partial charge in [-0.15, -0.1) is 11.3 Å². The number of ether oxygens (including phenoxy) is 1. The molecule has 0 fully saturated rings. The third kappa shape index (κ3) is 3.97. The quantitative estimate of drug-likeness (QED) is 0.681. The van der Waals surface area contributed by atoms with Crippen LogP contribution in [0.3, 0.4) is 0 Å². The van der Waals surface area contributed by atoms with Crippen molar-refractivity contribution < 1.29 is 14.1 Å². The summed E-state index contributed by atoms with van der Waals surface area (Å²) in [4.78, 5) is 17.8. The second kappa shape index (κ2) is 7.67. The van der Waals surface area contributed by atoms with Crippen molar-refractivity contribution in [2.45, 2.75) is 26.5 Å². The highest BCUT2D eigenvalue weighted by atomic mass is 35.5. The maximum absolute atomic E-state index is 12.4. The van der Waals surface area contributed by atoms with Gasteiger partial charge in [0.05, 0.1) is 18.8 Å². The molecule has 0 aliphatic carbocycles. The lowest BCUT2D eigenvalue weighted by Crippen LogP contribution is -2.28. The molecule has 7 nitrogen and oxygen atoms in total. The van der Waals surface area contributed by atoms with Crippen molar-refractivity contribution in [3.63, 3.8) is 0 Å². The number of hydrogen-bond acceptors (Lipinski definition) is 6. The van der Waals surface area contributed by atoms with E-state index in [1.165, 1.54) is 11.3 Å². The normalized spacial score (nSPS) is 13.3. The Balaban J connectivity index is 1.53. The number of nitrogens with zero attached hydrogens (tertiary/aromatic N) is 2. The Kier molecular flexibility index (Phi) is 5.11. The number of hydrogen-bond donors (Lipinski definition) is 2. The summed E-state index contributed by atoms with van der Waals surface area (Å²) in [5.41, 5.74) is 2.85. The van der Waals surface area contributed by atoms with Gasteiger partial charge >= 0.3 is 6.03 Å². The van der Waals surface area contributed by atoms with E-state index in [0.29, 0.717) is 41.5 Å². The lowest BCUT2D eigenvalue weighted by Gasteiger charge is -2.12. The fourth-order valence-corrected chi connectivity index (χ4v) is 4.18. The molecule has 9 heteroatoms. The van der Waals surface area contributed by atoms with Crippen LogP contribution in [0, 0.1) is 6.92 Å². The number of aromatic nitrogens is 2. The summed E-state index contributed by atoms with van der Waals surface area (Å²) in [6.45, 7) is 3.31. The van der Waals surface area contributed by atoms with Crippen LogP contribution in [0.25, 0.3) is 11.5 Å². The second-order valence-electron chi connectivity index (χ2n) is 6.09. The number of urea groups is 1. The standard InChI is InChI=1S/C18H17ClN4O3S/c1-10-21-16(26-23-10)15-13-6-7-25-9-14(13)27-17(15)22-18(24)20-8-11-2-4-12(19)5-3-11/h2-5H,6-9H2,1H3,(H2,20,22,24). The van der Waals surface area contributed by atoms with Gasteiger partial charge in [0.1, 0.15) is 5.00 Å². The Labute approximate surface area is 164 Å². The van der Waals surface area contributed by atoms with Crippen molar-refractivity contribution in [1.82, 2.24) is 15.5 Å². The number of carbonyl (C=O) groups is 1. The average Bonchev–Trinajstić information content (AvgIpc) is 3.24. The zero-order chi connectivity index (χ0) is 18.8. The van der Waals surface area contributed by atoms with E-state index in [1.54, 1.807) is 19.1 Å². The Bertz CT molecular complexity index is 968. The molecule has 27 heavy (non-hydrogen) atoms. The van der Waals surface area contributed by atoms with E-state index in [-0.39, 0.29) is 6.03 Å². The zero-order valence-electron chi connectivity index (χ0n) is 14.5. The Hall–Kier alpha value is -2.42. The summed E-state index contributed by atoms with van der Waals surface area (Å²) in [5, 5.41) is 11.0. The van der Waals surface area contributed by atoms with Crippen molar-refractivity contribution >= 4 is 34.0 Å². The number of amides is 2. The van der Waals surface area contributed by atoms with Crippen LogP contribution >= 0.6 is 22.9 Å². The van der Waals surface area contributed by atoms with Crippen LogP contribution in [-0.4, -0.2) is 22.8 Å². The van der Waals surface area contributed by atoms with Gasteiger partial charge in [-0.3, -0.25) is 5.32 Å². The van der Waals surface area contributed by atoms with E-state index in [9.17, 15) is 4.79 Å². The molecule has 0 saturated carbocycles. The number of fused-ring (bicyclic) bond motifs is 1. The zero-order valence-corrected chi connectivity index (χ0v) is 16.1. The molecule has 1 aliphatic rings. The molecule has 3 aromatic rings. The van der Waals surface area contributed by atoms with Crippen LogP contribution in [0.15, 0.2) is 28.8 Å². The minimum Gasteiger partial charge on any atom is -0.376 e. The number of benzene rings is 1. The molecule has 3 heterocycles. The van der Waals surface area contributed by atoms with Crippen molar-refractivity contribution in [3.05, 3.63) is 51.1 Å². The highest BCUT2D eigenvalue weighted by Crippen LogP contribution is 2.42. The van der Waals surface area contributed by atoms with Crippen LogP contribution < -0.4 is 10.6 Å². The molecule has 2 N–H and O–H groups in total. The predicted molar refractivity (Wildman–Crippen MR) is 103 cm³/mol. The summed E-state index contributed by atoms with van der Waals surface area (Å²) in [7, 11) is 0. The highest BCUT2D eigenvalue weighted by molar-refractivity contribution is 7.17. The van der Waals surface area contributed by atoms with Crippen LogP contribution in [0.2, 0.25) is 5.02 Å². The van der Waals surface area contributed by atoms with Gasteiger partial charge in [-0.05, 0) is 36.6 Å². The molecule has 1 aromatic carbocycles. The molecule has 0 spiro atoms. The Morgan fingerprint density at radius 1 is 1.33 bits per heavy atom. The summed E-state index contributed by atoms with van der Waals surface area (Å²) in [6, 6.07) is 7.02. The van der Waals surface area contributed by atoms with Crippen molar-refractivity contribution in [2.75, 3.05) is 11.9 Å². The minimum atomic E-state index is -0.304. The van der Waals surface area contributed by atoms with E-state index in [2.05, 4.69) is 20.8 Å². The van der Waals surface area contributed by atoms with Crippen LogP contribution in [0.1, 0.15) is 21.8 Å². The topological polar surface area (TPSA) is 89.3 Å². The van der Waals surface area contributed by atoms with Crippen molar-refractivity contribution in [1.29, 1.82) is 0 Å². The molecule has 0 unspecified atom stereocenters. The van der Waals surface area contributed by atoms with Gasteiger partial charge in [0, 0.05) is 16.4 Å². The number of rotatable bonds is 4. The lowest BCUT2D eigenvalue weighted by molar-refractivity contribution is 0.113. The summed E-state index contributed by atoms with van der Waals surface area (Å²) in [5.74, 6) is 0.968. The number of thiophene rings is 1. The molecule has 140 valence electrons. The molecule has 0 saturated heterocycles. The van der Waals surface area contributed by atoms with E-state index in [4.69, 9.17) is 20.9 Å². The highest BCUT2D eigenvalue weighted by Gasteiger charge is 2.26. The maximum atomic E-state index is 12.4. The number of halogens is 1. The van der Waals surface area contributed by atoms with Gasteiger partial charge < -0.3 is 14.6 Å². The summed E-state index contributed by atoms with van der Waals surface area (Å²) < 4.78 is 10.9. The Morgan fingerprint density at radius 2 is 2.15 bits per heavy atom. The van der Waals surface area contributed by atoms with Gasteiger partial charge in [0.15, 0.2) is 5.82 Å². The maximum Gasteiger partial charge on any atom is 0.320 e. The number of anilines is 1. The molecule has 0 atom stereocenters. The van der Waals surface area contributed by atoms with Gasteiger partial charge in [-0.2, -0.15) is 4.98 Å². The van der Waals surface area contributed by atoms with E-state index in [0.717, 1.165) is 28.0 Å². The van der Waals surface area contributed by atoms with Crippen LogP contribution in [0.5, 0.6) is 0 Å². The third-order valence-electron chi connectivity index (χ3n) is 4.16. The molecule has 2 amide bonds. The fraction of sp³-hybridized carbons (Fsp3) is 0.278. The smallest absolute Gasteiger partial charge is 0.320 e. The molecular formula is C18H17ClN4O3S. The summed E-state index contributed by atoms with van der Waals surface area (Å²) >= 11 is 7.36. The van der Waals surface area contributed by atoms with Crippen LogP contribution in [-0.2, 0) is 24.3 Å². The van der Waals surface area contributed by atoms with Crippen molar-refractivity contribution in [3.8, 4) is 11.5 Å². The van der Waals surface area contributed by atoms with Crippen LogP contribution in [0.4, 0.5) is 9.80 Å². The lowest BCUT2D eigenvalue weighted by atomic mass is 10.1. The molecular weight excluding hydrogens is 388 g/mol. The van der Waals surface area contributed by atoms with E-state index in [1.807, 2.05) is 12.1 Å². The molecule has 0 bridgehead atoms. The molecule has 1 aliphatic heterocycles. The van der Waals surface area contributed by atoms with Gasteiger partial charge in [-0.1, -0.05) is 28.9 Å². The Morgan fingerprint density at radius 3 is 2.89 bits per heavy atom. The first-order valence-corrected chi connectivity index (χ1v) is 9.62. The number of carbonyl (C=O) groups excluding carboxylic acids is 1. The monoisotopic (exact) mass is 404 g/mol. The van der Waals surface area contributed by atoms with Gasteiger partial charge in [0.2, 0.25) is 0 Å². The van der Waals surface area contributed by atoms with Gasteiger partial charge in [-0.25, -0.2) is 4.79 Å².